The summed E-state index contributed by atoms with van der Waals surface area (Å²) in [7, 11) is 1.98. The summed E-state index contributed by atoms with van der Waals surface area (Å²) < 4.78 is 2.02. The van der Waals surface area contributed by atoms with Gasteiger partial charge >= 0.3 is 0 Å². The molecule has 2 aliphatic heterocycles. The van der Waals surface area contributed by atoms with E-state index in [2.05, 4.69) is 10.6 Å². The van der Waals surface area contributed by atoms with Crippen molar-refractivity contribution in [3.63, 3.8) is 0 Å². The Morgan fingerprint density at radius 1 is 1.25 bits per heavy atom. The molecular weight excluding hydrogens is 324 g/mol. The summed E-state index contributed by atoms with van der Waals surface area (Å²) in [5, 5.41) is 7.02. The lowest BCUT2D eigenvalue weighted by molar-refractivity contribution is -0.121. The van der Waals surface area contributed by atoms with Gasteiger partial charge in [0.25, 0.3) is 5.91 Å². The van der Waals surface area contributed by atoms with E-state index in [1.165, 1.54) is 0 Å². The van der Waals surface area contributed by atoms with Gasteiger partial charge in [0.2, 0.25) is 0 Å². The quantitative estimate of drug-likeness (QED) is 0.837. The van der Waals surface area contributed by atoms with Crippen LogP contribution >= 0.6 is 11.6 Å². The number of benzene rings is 1. The van der Waals surface area contributed by atoms with E-state index in [0.717, 1.165) is 35.7 Å². The number of carbonyl (C=O) groups excluding carboxylic acids is 1. The van der Waals surface area contributed by atoms with Gasteiger partial charge in [0.1, 0.15) is 5.54 Å². The summed E-state index contributed by atoms with van der Waals surface area (Å²) >= 11 is 6.23. The average molecular weight is 343 g/mol. The lowest BCUT2D eigenvalue weighted by Crippen LogP contribution is -2.49. The SMILES string of the molecule is Cn1cccc1C1=NC2(CCNCC2)C(=O)Nc2ccc(Cl)cc21. The number of carbonyl (C=O) groups is 1. The number of nitrogens with zero attached hydrogens (tertiary/aromatic N) is 2. The third kappa shape index (κ3) is 2.44. The van der Waals surface area contributed by atoms with Crippen molar-refractivity contribution in [3.05, 3.63) is 52.8 Å². The minimum Gasteiger partial charge on any atom is -0.349 e. The molecule has 1 saturated heterocycles. The number of hydrogen-bond acceptors (Lipinski definition) is 3. The highest BCUT2D eigenvalue weighted by atomic mass is 35.5. The molecule has 2 aromatic rings. The third-order valence-electron chi connectivity index (χ3n) is 4.85. The number of rotatable bonds is 1. The molecule has 24 heavy (non-hydrogen) atoms. The monoisotopic (exact) mass is 342 g/mol. The Bertz CT molecular complexity index is 833. The smallest absolute Gasteiger partial charge is 0.252 e. The van der Waals surface area contributed by atoms with Crippen LogP contribution in [0.4, 0.5) is 5.69 Å². The van der Waals surface area contributed by atoms with Crippen LogP contribution in [0.5, 0.6) is 0 Å². The highest BCUT2D eigenvalue weighted by Crippen LogP contribution is 2.34. The first-order chi connectivity index (χ1) is 11.6. The zero-order chi connectivity index (χ0) is 16.7. The highest BCUT2D eigenvalue weighted by molar-refractivity contribution is 6.32. The molecule has 1 aromatic carbocycles. The van der Waals surface area contributed by atoms with Crippen LogP contribution in [-0.2, 0) is 11.8 Å². The summed E-state index contributed by atoms with van der Waals surface area (Å²) in [5.74, 6) is -0.0308. The third-order valence-corrected chi connectivity index (χ3v) is 5.09. The lowest BCUT2D eigenvalue weighted by Gasteiger charge is -2.32. The molecule has 124 valence electrons. The van der Waals surface area contributed by atoms with Crippen molar-refractivity contribution in [2.75, 3.05) is 18.4 Å². The fourth-order valence-electron chi connectivity index (χ4n) is 3.47. The maximum absolute atomic E-state index is 13.0. The van der Waals surface area contributed by atoms with E-state index in [-0.39, 0.29) is 5.91 Å². The Kier molecular flexibility index (Phi) is 3.70. The number of aromatic nitrogens is 1. The minimum atomic E-state index is -0.726. The van der Waals surface area contributed by atoms with Crippen LogP contribution < -0.4 is 10.6 Å². The van der Waals surface area contributed by atoms with Crippen molar-refractivity contribution in [2.45, 2.75) is 18.4 Å². The Morgan fingerprint density at radius 3 is 2.75 bits per heavy atom. The minimum absolute atomic E-state index is 0.0308. The first-order valence-corrected chi connectivity index (χ1v) is 8.50. The Morgan fingerprint density at radius 2 is 2.04 bits per heavy atom. The van der Waals surface area contributed by atoms with E-state index in [1.54, 1.807) is 6.07 Å². The molecule has 0 atom stereocenters. The van der Waals surface area contributed by atoms with Crippen molar-refractivity contribution in [2.24, 2.45) is 12.0 Å². The van der Waals surface area contributed by atoms with Crippen LogP contribution in [0.15, 0.2) is 41.5 Å². The first-order valence-electron chi connectivity index (χ1n) is 8.13. The lowest BCUT2D eigenvalue weighted by atomic mass is 9.88. The van der Waals surface area contributed by atoms with E-state index >= 15 is 0 Å². The number of nitrogens with one attached hydrogen (secondary N) is 2. The van der Waals surface area contributed by atoms with Crippen molar-refractivity contribution in [1.29, 1.82) is 0 Å². The summed E-state index contributed by atoms with van der Waals surface area (Å²) in [5.41, 5.74) is 2.71. The molecule has 0 radical (unpaired) electrons. The zero-order valence-corrected chi connectivity index (χ0v) is 14.2. The molecule has 1 aromatic heterocycles. The van der Waals surface area contributed by atoms with Crippen LogP contribution in [0.2, 0.25) is 5.02 Å². The molecule has 1 amide bonds. The normalized spacial score (nSPS) is 19.4. The molecule has 0 aliphatic carbocycles. The molecule has 2 N–H and O–H groups in total. The van der Waals surface area contributed by atoms with Crippen LogP contribution in [-0.4, -0.2) is 34.8 Å². The van der Waals surface area contributed by atoms with Gasteiger partial charge in [-0.1, -0.05) is 11.6 Å². The fourth-order valence-corrected chi connectivity index (χ4v) is 3.64. The fraction of sp³-hybridized carbons (Fsp3) is 0.333. The number of aryl methyl sites for hydroxylation is 1. The van der Waals surface area contributed by atoms with Crippen molar-refractivity contribution >= 4 is 28.9 Å². The van der Waals surface area contributed by atoms with Crippen LogP contribution in [0, 0.1) is 0 Å². The molecule has 0 unspecified atom stereocenters. The van der Waals surface area contributed by atoms with Crippen LogP contribution in [0.25, 0.3) is 0 Å². The highest BCUT2D eigenvalue weighted by Gasteiger charge is 2.42. The molecule has 2 aliphatic rings. The molecule has 4 rings (SSSR count). The molecule has 0 bridgehead atoms. The van der Waals surface area contributed by atoms with Gasteiger partial charge in [-0.15, -0.1) is 0 Å². The van der Waals surface area contributed by atoms with Gasteiger partial charge in [0, 0.05) is 23.8 Å². The van der Waals surface area contributed by atoms with Crippen LogP contribution in [0.1, 0.15) is 24.1 Å². The number of halogens is 1. The van der Waals surface area contributed by atoms with Gasteiger partial charge in [-0.3, -0.25) is 9.79 Å². The van der Waals surface area contributed by atoms with Crippen molar-refractivity contribution in [1.82, 2.24) is 9.88 Å². The van der Waals surface area contributed by atoms with Gasteiger partial charge < -0.3 is 15.2 Å². The first kappa shape index (κ1) is 15.4. The van der Waals surface area contributed by atoms with E-state index in [0.29, 0.717) is 17.9 Å². The number of anilines is 1. The average Bonchev–Trinajstić information content (AvgIpc) is 2.97. The second-order valence-electron chi connectivity index (χ2n) is 6.39. The zero-order valence-electron chi connectivity index (χ0n) is 13.5. The number of hydrogen-bond donors (Lipinski definition) is 2. The largest absolute Gasteiger partial charge is 0.349 e. The topological polar surface area (TPSA) is 58.4 Å². The molecule has 0 saturated carbocycles. The summed E-state index contributed by atoms with van der Waals surface area (Å²) in [6.07, 6.45) is 3.36. The van der Waals surface area contributed by atoms with Gasteiger partial charge in [-0.2, -0.15) is 0 Å². The maximum Gasteiger partial charge on any atom is 0.252 e. The Balaban J connectivity index is 1.96. The Labute approximate surface area is 145 Å². The maximum atomic E-state index is 13.0. The van der Waals surface area contributed by atoms with E-state index < -0.39 is 5.54 Å². The predicted molar refractivity (Wildman–Crippen MR) is 96.0 cm³/mol. The van der Waals surface area contributed by atoms with Gasteiger partial charge in [-0.05, 0) is 56.3 Å². The van der Waals surface area contributed by atoms with E-state index in [4.69, 9.17) is 16.6 Å². The number of amides is 1. The predicted octanol–water partition coefficient (Wildman–Crippen LogP) is 2.59. The second-order valence-corrected chi connectivity index (χ2v) is 6.83. The number of fused-ring (bicyclic) bond motifs is 1. The van der Waals surface area contributed by atoms with Crippen molar-refractivity contribution < 1.29 is 4.79 Å². The van der Waals surface area contributed by atoms with Gasteiger partial charge in [-0.25, -0.2) is 0 Å². The van der Waals surface area contributed by atoms with Gasteiger partial charge in [0.15, 0.2) is 0 Å². The van der Waals surface area contributed by atoms with E-state index in [1.807, 2.05) is 42.1 Å². The Hall–Kier alpha value is -2.11. The number of piperidine rings is 1. The molecule has 6 heteroatoms. The van der Waals surface area contributed by atoms with Crippen LogP contribution in [0.3, 0.4) is 0 Å². The standard InChI is InChI=1S/C18H19ClN4O/c1-23-10-2-3-15(23)16-13-11-12(19)4-5-14(13)21-17(24)18(22-16)6-8-20-9-7-18/h2-5,10-11,20H,6-9H2,1H3,(H,21,24). The summed E-state index contributed by atoms with van der Waals surface area (Å²) in [6, 6.07) is 9.53. The van der Waals surface area contributed by atoms with Crippen molar-refractivity contribution in [3.8, 4) is 0 Å². The van der Waals surface area contributed by atoms with E-state index in [9.17, 15) is 4.79 Å². The molecular formula is C18H19ClN4O. The van der Waals surface area contributed by atoms with Gasteiger partial charge in [0.05, 0.1) is 17.1 Å². The molecule has 1 fully saturated rings. The summed E-state index contributed by atoms with van der Waals surface area (Å²) in [4.78, 5) is 18.0. The summed E-state index contributed by atoms with van der Waals surface area (Å²) in [6.45, 7) is 1.57. The molecule has 1 spiro atoms. The second kappa shape index (κ2) is 5.76. The number of aliphatic imine (C=N–C) groups is 1. The molecule has 5 nitrogen and oxygen atoms in total. The molecule has 3 heterocycles.